The van der Waals surface area contributed by atoms with E-state index in [1.54, 1.807) is 13.3 Å². The topological polar surface area (TPSA) is 43.4 Å². The van der Waals surface area contributed by atoms with Crippen LogP contribution in [0.5, 0.6) is 5.75 Å². The summed E-state index contributed by atoms with van der Waals surface area (Å²) in [5.74, 6) is 2.30. The summed E-state index contributed by atoms with van der Waals surface area (Å²) in [5, 5.41) is 5.45. The van der Waals surface area contributed by atoms with E-state index in [4.69, 9.17) is 9.47 Å². The van der Waals surface area contributed by atoms with Gasteiger partial charge in [-0.2, -0.15) is 0 Å². The van der Waals surface area contributed by atoms with Crippen LogP contribution in [0, 0.1) is 5.92 Å². The average Bonchev–Trinajstić information content (AvgIpc) is 2.46. The van der Waals surface area contributed by atoms with E-state index in [1.165, 1.54) is 0 Å². The number of methoxy groups -OCH3 is 1. The SMILES string of the molecule is COc1cccc2c(NCCOCC(C)C)nccc12. The van der Waals surface area contributed by atoms with E-state index in [9.17, 15) is 0 Å². The van der Waals surface area contributed by atoms with Gasteiger partial charge in [-0.3, -0.25) is 0 Å². The van der Waals surface area contributed by atoms with Crippen molar-refractivity contribution in [2.24, 2.45) is 5.92 Å². The van der Waals surface area contributed by atoms with Gasteiger partial charge in [0.15, 0.2) is 0 Å². The molecule has 0 amide bonds. The quantitative estimate of drug-likeness (QED) is 0.786. The van der Waals surface area contributed by atoms with Crippen LogP contribution >= 0.6 is 0 Å². The zero-order valence-corrected chi connectivity index (χ0v) is 12.3. The molecule has 0 fully saturated rings. The lowest BCUT2D eigenvalue weighted by Gasteiger charge is -2.11. The van der Waals surface area contributed by atoms with Gasteiger partial charge >= 0.3 is 0 Å². The van der Waals surface area contributed by atoms with E-state index in [0.29, 0.717) is 12.5 Å². The summed E-state index contributed by atoms with van der Waals surface area (Å²) in [4.78, 5) is 4.39. The lowest BCUT2D eigenvalue weighted by Crippen LogP contribution is -2.13. The van der Waals surface area contributed by atoms with Gasteiger partial charge in [-0.1, -0.05) is 26.0 Å². The van der Waals surface area contributed by atoms with Gasteiger partial charge in [0, 0.05) is 30.1 Å². The Hall–Kier alpha value is -1.81. The van der Waals surface area contributed by atoms with Crippen molar-refractivity contribution < 1.29 is 9.47 Å². The first-order valence-electron chi connectivity index (χ1n) is 6.95. The predicted molar refractivity (Wildman–Crippen MR) is 82.4 cm³/mol. The van der Waals surface area contributed by atoms with Gasteiger partial charge in [0.2, 0.25) is 0 Å². The first kappa shape index (κ1) is 14.6. The van der Waals surface area contributed by atoms with Gasteiger partial charge in [-0.15, -0.1) is 0 Å². The molecule has 0 aliphatic heterocycles. The van der Waals surface area contributed by atoms with E-state index in [-0.39, 0.29) is 0 Å². The van der Waals surface area contributed by atoms with Crippen LogP contribution in [0.2, 0.25) is 0 Å². The maximum Gasteiger partial charge on any atom is 0.134 e. The maximum atomic E-state index is 5.56. The molecule has 0 atom stereocenters. The van der Waals surface area contributed by atoms with Gasteiger partial charge in [0.1, 0.15) is 11.6 Å². The van der Waals surface area contributed by atoms with Crippen molar-refractivity contribution in [2.45, 2.75) is 13.8 Å². The average molecular weight is 274 g/mol. The van der Waals surface area contributed by atoms with Gasteiger partial charge in [-0.05, 0) is 18.1 Å². The third-order valence-electron chi connectivity index (χ3n) is 2.98. The Balaban J connectivity index is 2.03. The highest BCUT2D eigenvalue weighted by Crippen LogP contribution is 2.28. The Bertz CT molecular complexity index is 555. The second kappa shape index (κ2) is 7.10. The van der Waals surface area contributed by atoms with Crippen molar-refractivity contribution in [1.82, 2.24) is 4.98 Å². The second-order valence-electron chi connectivity index (χ2n) is 5.11. The van der Waals surface area contributed by atoms with Crippen LogP contribution in [0.3, 0.4) is 0 Å². The molecular formula is C16H22N2O2. The van der Waals surface area contributed by atoms with Crippen LogP contribution in [0.1, 0.15) is 13.8 Å². The first-order chi connectivity index (χ1) is 9.72. The van der Waals surface area contributed by atoms with Crippen LogP contribution < -0.4 is 10.1 Å². The molecule has 0 unspecified atom stereocenters. The van der Waals surface area contributed by atoms with Gasteiger partial charge in [0.05, 0.1) is 13.7 Å². The Labute approximate surface area is 120 Å². The Morgan fingerprint density at radius 3 is 2.80 bits per heavy atom. The van der Waals surface area contributed by atoms with Crippen molar-refractivity contribution in [3.63, 3.8) is 0 Å². The third-order valence-corrected chi connectivity index (χ3v) is 2.98. The lowest BCUT2D eigenvalue weighted by atomic mass is 10.1. The van der Waals surface area contributed by atoms with Gasteiger partial charge < -0.3 is 14.8 Å². The zero-order valence-electron chi connectivity index (χ0n) is 12.3. The summed E-state index contributed by atoms with van der Waals surface area (Å²) in [5.41, 5.74) is 0. The van der Waals surface area contributed by atoms with E-state index in [2.05, 4.69) is 24.1 Å². The van der Waals surface area contributed by atoms with Crippen molar-refractivity contribution in [2.75, 3.05) is 32.2 Å². The summed E-state index contributed by atoms with van der Waals surface area (Å²) < 4.78 is 10.9. The minimum absolute atomic E-state index is 0.565. The summed E-state index contributed by atoms with van der Waals surface area (Å²) in [6.07, 6.45) is 1.79. The molecule has 2 rings (SSSR count). The molecule has 20 heavy (non-hydrogen) atoms. The molecule has 108 valence electrons. The normalized spacial score (nSPS) is 11.0. The number of pyridine rings is 1. The number of aromatic nitrogens is 1. The standard InChI is InChI=1S/C16H22N2O2/c1-12(2)11-20-10-9-18-16-14-5-4-6-15(19-3)13(14)7-8-17-16/h4-8,12H,9-11H2,1-3H3,(H,17,18). The van der Waals surface area contributed by atoms with Crippen molar-refractivity contribution in [1.29, 1.82) is 0 Å². The summed E-state index contributed by atoms with van der Waals surface area (Å²) in [6, 6.07) is 7.94. The maximum absolute atomic E-state index is 5.56. The number of rotatable bonds is 7. The Kier molecular flexibility index (Phi) is 5.18. The molecule has 0 saturated heterocycles. The van der Waals surface area contributed by atoms with E-state index < -0.39 is 0 Å². The fourth-order valence-corrected chi connectivity index (χ4v) is 2.06. The molecule has 4 heteroatoms. The fraction of sp³-hybridized carbons (Fsp3) is 0.438. The number of nitrogens with one attached hydrogen (secondary N) is 1. The van der Waals surface area contributed by atoms with Crippen LogP contribution in [-0.4, -0.2) is 31.9 Å². The molecule has 2 aromatic rings. The highest BCUT2D eigenvalue weighted by Gasteiger charge is 2.05. The number of hydrogen-bond donors (Lipinski definition) is 1. The molecule has 4 nitrogen and oxygen atoms in total. The van der Waals surface area contributed by atoms with Crippen LogP contribution in [0.25, 0.3) is 10.8 Å². The zero-order chi connectivity index (χ0) is 14.4. The van der Waals surface area contributed by atoms with E-state index >= 15 is 0 Å². The number of anilines is 1. The van der Waals surface area contributed by atoms with Crippen molar-refractivity contribution >= 4 is 16.6 Å². The summed E-state index contributed by atoms with van der Waals surface area (Å²) in [7, 11) is 1.68. The highest BCUT2D eigenvalue weighted by molar-refractivity contribution is 5.95. The van der Waals surface area contributed by atoms with Crippen LogP contribution in [-0.2, 0) is 4.74 Å². The molecule has 0 spiro atoms. The lowest BCUT2D eigenvalue weighted by molar-refractivity contribution is 0.118. The molecule has 0 aliphatic carbocycles. The first-order valence-corrected chi connectivity index (χ1v) is 6.95. The van der Waals surface area contributed by atoms with E-state index in [0.717, 1.165) is 35.5 Å². The molecular weight excluding hydrogens is 252 g/mol. The van der Waals surface area contributed by atoms with Crippen LogP contribution in [0.15, 0.2) is 30.5 Å². The monoisotopic (exact) mass is 274 g/mol. The molecule has 1 aromatic heterocycles. The Morgan fingerprint density at radius 2 is 2.05 bits per heavy atom. The predicted octanol–water partition coefficient (Wildman–Crippen LogP) is 3.33. The van der Waals surface area contributed by atoms with Crippen LogP contribution in [0.4, 0.5) is 5.82 Å². The molecule has 1 N–H and O–H groups in total. The number of benzene rings is 1. The fourth-order valence-electron chi connectivity index (χ4n) is 2.06. The molecule has 0 bridgehead atoms. The molecule has 0 radical (unpaired) electrons. The minimum Gasteiger partial charge on any atom is -0.496 e. The second-order valence-corrected chi connectivity index (χ2v) is 5.11. The number of nitrogens with zero attached hydrogens (tertiary/aromatic N) is 1. The third kappa shape index (κ3) is 3.61. The van der Waals surface area contributed by atoms with E-state index in [1.807, 2.05) is 24.3 Å². The summed E-state index contributed by atoms with van der Waals surface area (Å²) >= 11 is 0. The van der Waals surface area contributed by atoms with Gasteiger partial charge in [0.25, 0.3) is 0 Å². The summed E-state index contributed by atoms with van der Waals surface area (Å²) in [6.45, 7) is 6.51. The smallest absolute Gasteiger partial charge is 0.134 e. The Morgan fingerprint density at radius 1 is 1.20 bits per heavy atom. The minimum atomic E-state index is 0.565. The van der Waals surface area contributed by atoms with Crippen molar-refractivity contribution in [3.05, 3.63) is 30.5 Å². The molecule has 1 aromatic carbocycles. The molecule has 1 heterocycles. The number of ether oxygens (including phenoxy) is 2. The molecule has 0 aliphatic rings. The number of fused-ring (bicyclic) bond motifs is 1. The number of hydrogen-bond acceptors (Lipinski definition) is 4. The largest absolute Gasteiger partial charge is 0.496 e. The molecule has 0 saturated carbocycles. The van der Waals surface area contributed by atoms with Gasteiger partial charge in [-0.25, -0.2) is 4.98 Å². The highest BCUT2D eigenvalue weighted by atomic mass is 16.5. The van der Waals surface area contributed by atoms with Crippen molar-refractivity contribution in [3.8, 4) is 5.75 Å².